The fraction of sp³-hybridized carbons (Fsp3) is 0.462. The Kier molecular flexibility index (Phi) is 5.30. The van der Waals surface area contributed by atoms with Gasteiger partial charge in [-0.15, -0.1) is 0 Å². The molecule has 1 rings (SSSR count). The van der Waals surface area contributed by atoms with Gasteiger partial charge in [-0.25, -0.2) is 0 Å². The molecule has 0 heterocycles. The summed E-state index contributed by atoms with van der Waals surface area (Å²) in [5, 5.41) is 8.73. The Hall–Kier alpha value is -1.91. The minimum absolute atomic E-state index is 0.0511. The second kappa shape index (κ2) is 6.74. The van der Waals surface area contributed by atoms with E-state index in [2.05, 4.69) is 0 Å². The van der Waals surface area contributed by atoms with Crippen LogP contribution in [-0.2, 0) is 11.2 Å². The SMILES string of the molecule is CCOc1c(CCC(=O)O)ccc(OC)c1OC. The quantitative estimate of drug-likeness (QED) is 0.807. The van der Waals surface area contributed by atoms with Gasteiger partial charge in [-0.05, 0) is 25.0 Å². The first-order chi connectivity index (χ1) is 8.63. The molecule has 5 nitrogen and oxygen atoms in total. The predicted octanol–water partition coefficient (Wildman–Crippen LogP) is 2.12. The van der Waals surface area contributed by atoms with Crippen molar-refractivity contribution in [2.24, 2.45) is 0 Å². The molecule has 0 saturated heterocycles. The van der Waals surface area contributed by atoms with Crippen molar-refractivity contribution in [2.45, 2.75) is 19.8 Å². The molecular formula is C13H18O5. The second-order valence-electron chi connectivity index (χ2n) is 3.62. The summed E-state index contributed by atoms with van der Waals surface area (Å²) in [7, 11) is 3.08. The third-order valence-electron chi connectivity index (χ3n) is 2.48. The molecule has 0 bridgehead atoms. The zero-order valence-corrected chi connectivity index (χ0v) is 10.9. The van der Waals surface area contributed by atoms with Crippen LogP contribution in [0.4, 0.5) is 0 Å². The van der Waals surface area contributed by atoms with Crippen LogP contribution in [0, 0.1) is 0 Å². The number of methoxy groups -OCH3 is 2. The molecule has 0 aliphatic rings. The van der Waals surface area contributed by atoms with Gasteiger partial charge < -0.3 is 19.3 Å². The summed E-state index contributed by atoms with van der Waals surface area (Å²) in [6.45, 7) is 2.34. The molecule has 18 heavy (non-hydrogen) atoms. The lowest BCUT2D eigenvalue weighted by Crippen LogP contribution is -2.04. The van der Waals surface area contributed by atoms with Crippen LogP contribution < -0.4 is 14.2 Å². The molecule has 0 aromatic heterocycles. The molecular weight excluding hydrogens is 236 g/mol. The Labute approximate surface area is 106 Å². The van der Waals surface area contributed by atoms with E-state index in [0.717, 1.165) is 5.56 Å². The van der Waals surface area contributed by atoms with Crippen LogP contribution in [0.2, 0.25) is 0 Å². The molecule has 0 aliphatic carbocycles. The van der Waals surface area contributed by atoms with Gasteiger partial charge in [-0.3, -0.25) is 4.79 Å². The maximum absolute atomic E-state index is 10.6. The third kappa shape index (κ3) is 3.29. The first-order valence-corrected chi connectivity index (χ1v) is 5.72. The number of carboxylic acid groups (broad SMARTS) is 1. The molecule has 0 atom stereocenters. The zero-order valence-electron chi connectivity index (χ0n) is 10.9. The summed E-state index contributed by atoms with van der Waals surface area (Å²) < 4.78 is 16.0. The highest BCUT2D eigenvalue weighted by Crippen LogP contribution is 2.40. The van der Waals surface area contributed by atoms with E-state index in [1.165, 1.54) is 7.11 Å². The first kappa shape index (κ1) is 14.2. The van der Waals surface area contributed by atoms with E-state index in [9.17, 15) is 4.79 Å². The van der Waals surface area contributed by atoms with E-state index in [1.54, 1.807) is 19.2 Å². The Morgan fingerprint density at radius 1 is 1.22 bits per heavy atom. The molecule has 1 N–H and O–H groups in total. The normalized spacial score (nSPS) is 9.94. The lowest BCUT2D eigenvalue weighted by molar-refractivity contribution is -0.136. The lowest BCUT2D eigenvalue weighted by Gasteiger charge is -2.16. The summed E-state index contributed by atoms with van der Waals surface area (Å²) in [6.07, 6.45) is 0.445. The van der Waals surface area contributed by atoms with Crippen molar-refractivity contribution in [1.82, 2.24) is 0 Å². The van der Waals surface area contributed by atoms with Gasteiger partial charge in [0.05, 0.1) is 20.8 Å². The van der Waals surface area contributed by atoms with E-state index >= 15 is 0 Å². The van der Waals surface area contributed by atoms with Gasteiger partial charge >= 0.3 is 5.97 Å². The predicted molar refractivity (Wildman–Crippen MR) is 66.7 cm³/mol. The molecule has 0 aliphatic heterocycles. The molecule has 1 aromatic rings. The highest BCUT2D eigenvalue weighted by Gasteiger charge is 2.16. The Balaban J connectivity index is 3.12. The standard InChI is InChI=1S/C13H18O5/c1-4-18-12-9(6-8-11(14)15)5-7-10(16-2)13(12)17-3/h5,7H,4,6,8H2,1-3H3,(H,14,15). The van der Waals surface area contributed by atoms with Gasteiger partial charge in [0, 0.05) is 6.42 Å². The van der Waals surface area contributed by atoms with Gasteiger partial charge in [0.25, 0.3) is 0 Å². The number of hydrogen-bond acceptors (Lipinski definition) is 4. The minimum atomic E-state index is -0.841. The molecule has 0 fully saturated rings. The van der Waals surface area contributed by atoms with Gasteiger partial charge in [0.15, 0.2) is 11.5 Å². The smallest absolute Gasteiger partial charge is 0.303 e. The average Bonchev–Trinajstić information content (AvgIpc) is 2.36. The van der Waals surface area contributed by atoms with Crippen molar-refractivity contribution >= 4 is 5.97 Å². The maximum atomic E-state index is 10.6. The van der Waals surface area contributed by atoms with Crippen molar-refractivity contribution in [3.63, 3.8) is 0 Å². The number of carboxylic acids is 1. The van der Waals surface area contributed by atoms with E-state index in [0.29, 0.717) is 30.3 Å². The molecule has 5 heteroatoms. The van der Waals surface area contributed by atoms with Crippen LogP contribution in [0.5, 0.6) is 17.2 Å². The van der Waals surface area contributed by atoms with Gasteiger partial charge in [-0.2, -0.15) is 0 Å². The number of rotatable bonds is 7. The number of aliphatic carboxylic acids is 1. The Bertz CT molecular complexity index is 414. The Morgan fingerprint density at radius 2 is 1.94 bits per heavy atom. The summed E-state index contributed by atoms with van der Waals surface area (Å²) >= 11 is 0. The van der Waals surface area contributed by atoms with E-state index < -0.39 is 5.97 Å². The summed E-state index contributed by atoms with van der Waals surface area (Å²) in [6, 6.07) is 3.55. The fourth-order valence-electron chi connectivity index (χ4n) is 1.68. The molecule has 0 saturated carbocycles. The minimum Gasteiger partial charge on any atom is -0.493 e. The molecule has 100 valence electrons. The average molecular weight is 254 g/mol. The van der Waals surface area contributed by atoms with Crippen molar-refractivity contribution < 1.29 is 24.1 Å². The zero-order chi connectivity index (χ0) is 13.5. The van der Waals surface area contributed by atoms with Crippen molar-refractivity contribution in [3.05, 3.63) is 17.7 Å². The molecule has 1 aromatic carbocycles. The first-order valence-electron chi connectivity index (χ1n) is 5.72. The summed E-state index contributed by atoms with van der Waals surface area (Å²) in [4.78, 5) is 10.6. The van der Waals surface area contributed by atoms with Crippen LogP contribution in [0.3, 0.4) is 0 Å². The van der Waals surface area contributed by atoms with E-state index in [1.807, 2.05) is 6.92 Å². The fourth-order valence-corrected chi connectivity index (χ4v) is 1.68. The molecule has 0 amide bonds. The Morgan fingerprint density at radius 3 is 2.44 bits per heavy atom. The molecule has 0 unspecified atom stereocenters. The van der Waals surface area contributed by atoms with Crippen LogP contribution in [-0.4, -0.2) is 31.9 Å². The highest BCUT2D eigenvalue weighted by atomic mass is 16.5. The van der Waals surface area contributed by atoms with Gasteiger partial charge in [0.2, 0.25) is 5.75 Å². The summed E-state index contributed by atoms with van der Waals surface area (Å²) in [5.74, 6) is 0.787. The number of aryl methyl sites for hydroxylation is 1. The number of ether oxygens (including phenoxy) is 3. The second-order valence-corrected chi connectivity index (χ2v) is 3.62. The number of carbonyl (C=O) groups is 1. The summed E-state index contributed by atoms with van der Waals surface area (Å²) in [5.41, 5.74) is 0.803. The third-order valence-corrected chi connectivity index (χ3v) is 2.48. The number of hydrogen-bond donors (Lipinski definition) is 1. The lowest BCUT2D eigenvalue weighted by atomic mass is 10.1. The van der Waals surface area contributed by atoms with Crippen LogP contribution in [0.15, 0.2) is 12.1 Å². The monoisotopic (exact) mass is 254 g/mol. The van der Waals surface area contributed by atoms with E-state index in [4.69, 9.17) is 19.3 Å². The number of benzene rings is 1. The van der Waals surface area contributed by atoms with Crippen molar-refractivity contribution in [2.75, 3.05) is 20.8 Å². The molecule has 0 spiro atoms. The van der Waals surface area contributed by atoms with Gasteiger partial charge in [0.1, 0.15) is 0 Å². The van der Waals surface area contributed by atoms with E-state index in [-0.39, 0.29) is 6.42 Å². The maximum Gasteiger partial charge on any atom is 0.303 e. The van der Waals surface area contributed by atoms with Crippen LogP contribution in [0.25, 0.3) is 0 Å². The molecule has 0 radical (unpaired) electrons. The van der Waals surface area contributed by atoms with Crippen molar-refractivity contribution in [3.8, 4) is 17.2 Å². The van der Waals surface area contributed by atoms with Gasteiger partial charge in [-0.1, -0.05) is 6.07 Å². The largest absolute Gasteiger partial charge is 0.493 e. The van der Waals surface area contributed by atoms with Crippen molar-refractivity contribution in [1.29, 1.82) is 0 Å². The van der Waals surface area contributed by atoms with Crippen LogP contribution >= 0.6 is 0 Å². The van der Waals surface area contributed by atoms with Crippen LogP contribution in [0.1, 0.15) is 18.9 Å². The topological polar surface area (TPSA) is 65.0 Å². The highest BCUT2D eigenvalue weighted by molar-refractivity contribution is 5.67.